The molecule has 1 aromatic carbocycles. The minimum atomic E-state index is 0.314. The molecule has 7 nitrogen and oxygen atoms in total. The average molecular weight is 431 g/mol. The molecule has 0 amide bonds. The topological polar surface area (TPSA) is 71.3 Å². The third-order valence-corrected chi connectivity index (χ3v) is 6.70. The molecule has 4 heterocycles. The number of ether oxygens (including phenoxy) is 1. The molecule has 5 rings (SSSR count). The van der Waals surface area contributed by atoms with Gasteiger partial charge in [-0.1, -0.05) is 38.1 Å². The quantitative estimate of drug-likeness (QED) is 0.484. The first-order valence-electron chi connectivity index (χ1n) is 11.2. The van der Waals surface area contributed by atoms with Crippen LogP contribution in [0.15, 0.2) is 42.9 Å². The number of aromatic nitrogens is 5. The van der Waals surface area contributed by atoms with Gasteiger partial charge in [0.2, 0.25) is 0 Å². The van der Waals surface area contributed by atoms with E-state index in [0.29, 0.717) is 18.0 Å². The molecule has 1 fully saturated rings. The second-order valence-electron chi connectivity index (χ2n) is 9.11. The number of aromatic amines is 1. The maximum Gasteiger partial charge on any atom is 0.158 e. The van der Waals surface area contributed by atoms with E-state index >= 15 is 0 Å². The van der Waals surface area contributed by atoms with Gasteiger partial charge in [-0.25, -0.2) is 9.50 Å². The molecule has 4 aromatic rings. The highest BCUT2D eigenvalue weighted by molar-refractivity contribution is 5.75. The van der Waals surface area contributed by atoms with Crippen LogP contribution < -0.4 is 0 Å². The van der Waals surface area contributed by atoms with E-state index < -0.39 is 0 Å². The lowest BCUT2D eigenvalue weighted by Gasteiger charge is -2.38. The van der Waals surface area contributed by atoms with Crippen LogP contribution in [0.2, 0.25) is 0 Å². The minimum Gasteiger partial charge on any atom is -0.378 e. The van der Waals surface area contributed by atoms with Crippen LogP contribution in [0.5, 0.6) is 0 Å². The maximum absolute atomic E-state index is 5.36. The van der Waals surface area contributed by atoms with E-state index in [2.05, 4.69) is 85.2 Å². The Morgan fingerprint density at radius 1 is 1.12 bits per heavy atom. The molecule has 1 saturated heterocycles. The zero-order valence-electron chi connectivity index (χ0n) is 19.3. The van der Waals surface area contributed by atoms with E-state index in [9.17, 15) is 0 Å². The van der Waals surface area contributed by atoms with Gasteiger partial charge in [0.15, 0.2) is 5.65 Å². The van der Waals surface area contributed by atoms with Crippen LogP contribution in [-0.2, 0) is 4.74 Å². The molecule has 0 saturated carbocycles. The molecule has 1 atom stereocenters. The van der Waals surface area contributed by atoms with Crippen molar-refractivity contribution in [3.63, 3.8) is 0 Å². The Hall–Kier alpha value is -3.03. The van der Waals surface area contributed by atoms with Gasteiger partial charge < -0.3 is 4.74 Å². The van der Waals surface area contributed by atoms with Crippen molar-refractivity contribution in [1.82, 2.24) is 29.7 Å². The van der Waals surface area contributed by atoms with Crippen LogP contribution in [0.3, 0.4) is 0 Å². The van der Waals surface area contributed by atoms with Gasteiger partial charge in [-0.3, -0.25) is 10.00 Å². The molecule has 3 aromatic heterocycles. The van der Waals surface area contributed by atoms with Crippen molar-refractivity contribution in [2.24, 2.45) is 0 Å². The fourth-order valence-electron chi connectivity index (χ4n) is 4.51. The number of H-pyrrole nitrogens is 1. The van der Waals surface area contributed by atoms with E-state index in [1.165, 1.54) is 11.1 Å². The maximum atomic E-state index is 5.36. The number of aryl methyl sites for hydroxylation is 1. The third-order valence-electron chi connectivity index (χ3n) is 6.70. The standard InChI is InChI=1S/C25H30N6O/c1-15(2)22-23(19-8-6-18(7-9-19)17(4)30(5)21-12-32-13-21)28-29-24(22)20-10-16(3)25-26-14-27-31(25)11-20/h6-11,14-15,17,21H,12-13H2,1-5H3,(H,28,29). The normalized spacial score (nSPS) is 15.6. The Kier molecular flexibility index (Phi) is 5.31. The first kappa shape index (κ1) is 20.8. The van der Waals surface area contributed by atoms with Crippen LogP contribution >= 0.6 is 0 Å². The van der Waals surface area contributed by atoms with Crippen molar-refractivity contribution in [1.29, 1.82) is 0 Å². The molecular weight excluding hydrogens is 400 g/mol. The van der Waals surface area contributed by atoms with Crippen molar-refractivity contribution in [3.8, 4) is 22.5 Å². The van der Waals surface area contributed by atoms with Crippen molar-refractivity contribution in [3.05, 3.63) is 59.5 Å². The summed E-state index contributed by atoms with van der Waals surface area (Å²) < 4.78 is 7.19. The monoisotopic (exact) mass is 430 g/mol. The molecule has 0 aliphatic carbocycles. The number of hydrogen-bond acceptors (Lipinski definition) is 5. The molecule has 1 N–H and O–H groups in total. The second-order valence-corrected chi connectivity index (χ2v) is 9.11. The lowest BCUT2D eigenvalue weighted by Crippen LogP contribution is -2.47. The van der Waals surface area contributed by atoms with E-state index in [-0.39, 0.29) is 0 Å². The first-order valence-corrected chi connectivity index (χ1v) is 11.2. The third kappa shape index (κ3) is 3.51. The largest absolute Gasteiger partial charge is 0.378 e. The number of nitrogens with one attached hydrogen (secondary N) is 1. The molecule has 7 heteroatoms. The Morgan fingerprint density at radius 3 is 2.53 bits per heavy atom. The number of fused-ring (bicyclic) bond motifs is 1. The summed E-state index contributed by atoms with van der Waals surface area (Å²) in [6.07, 6.45) is 3.61. The summed E-state index contributed by atoms with van der Waals surface area (Å²) in [4.78, 5) is 6.73. The van der Waals surface area contributed by atoms with Gasteiger partial charge in [-0.15, -0.1) is 0 Å². The lowest BCUT2D eigenvalue weighted by molar-refractivity contribution is -0.0677. The van der Waals surface area contributed by atoms with Gasteiger partial charge >= 0.3 is 0 Å². The Bertz CT molecular complexity index is 1240. The zero-order chi connectivity index (χ0) is 22.4. The fourth-order valence-corrected chi connectivity index (χ4v) is 4.51. The summed E-state index contributed by atoms with van der Waals surface area (Å²) in [6.45, 7) is 10.4. The first-order chi connectivity index (χ1) is 15.4. The average Bonchev–Trinajstić information content (AvgIpc) is 3.39. The summed E-state index contributed by atoms with van der Waals surface area (Å²) in [7, 11) is 2.18. The molecule has 0 radical (unpaired) electrons. The Labute approximate surface area is 188 Å². The predicted molar refractivity (Wildman–Crippen MR) is 126 cm³/mol. The van der Waals surface area contributed by atoms with Crippen molar-refractivity contribution in [2.45, 2.75) is 45.7 Å². The molecular formula is C25H30N6O. The highest BCUT2D eigenvalue weighted by Crippen LogP contribution is 2.36. The smallest absolute Gasteiger partial charge is 0.158 e. The summed E-state index contributed by atoms with van der Waals surface area (Å²) in [5, 5.41) is 12.4. The minimum absolute atomic E-state index is 0.314. The molecule has 1 aliphatic rings. The SMILES string of the molecule is Cc1cc(-c2[nH]nc(-c3ccc(C(C)N(C)C4COC4)cc3)c2C(C)C)cn2ncnc12. The highest BCUT2D eigenvalue weighted by atomic mass is 16.5. The van der Waals surface area contributed by atoms with Crippen LogP contribution in [-0.4, -0.2) is 56.0 Å². The molecule has 32 heavy (non-hydrogen) atoms. The van der Waals surface area contributed by atoms with E-state index in [1.54, 1.807) is 6.33 Å². The molecule has 1 aliphatic heterocycles. The van der Waals surface area contributed by atoms with Crippen molar-refractivity contribution < 1.29 is 4.74 Å². The van der Waals surface area contributed by atoms with Gasteiger partial charge in [0, 0.05) is 28.9 Å². The number of benzene rings is 1. The lowest BCUT2D eigenvalue weighted by atomic mass is 9.93. The number of likely N-dealkylation sites (N-methyl/N-ethyl adjacent to an activating group) is 1. The Balaban J connectivity index is 1.49. The van der Waals surface area contributed by atoms with Crippen LogP contribution in [0.4, 0.5) is 0 Å². The number of rotatable bonds is 6. The fraction of sp³-hybridized carbons (Fsp3) is 0.400. The van der Waals surface area contributed by atoms with Crippen molar-refractivity contribution >= 4 is 5.65 Å². The number of pyridine rings is 1. The van der Waals surface area contributed by atoms with Crippen LogP contribution in [0.1, 0.15) is 49.4 Å². The summed E-state index contributed by atoms with van der Waals surface area (Å²) >= 11 is 0. The summed E-state index contributed by atoms with van der Waals surface area (Å²) in [5.41, 5.74) is 8.72. The van der Waals surface area contributed by atoms with Gasteiger partial charge in [-0.2, -0.15) is 10.2 Å². The summed E-state index contributed by atoms with van der Waals surface area (Å²) in [6, 6.07) is 11.8. The number of hydrogen-bond donors (Lipinski definition) is 1. The highest BCUT2D eigenvalue weighted by Gasteiger charge is 2.27. The van der Waals surface area contributed by atoms with Gasteiger partial charge in [-0.05, 0) is 44.0 Å². The molecule has 0 bridgehead atoms. The van der Waals surface area contributed by atoms with E-state index in [4.69, 9.17) is 9.84 Å². The second kappa shape index (κ2) is 8.15. The Morgan fingerprint density at radius 2 is 1.88 bits per heavy atom. The molecule has 166 valence electrons. The zero-order valence-corrected chi connectivity index (χ0v) is 19.3. The van der Waals surface area contributed by atoms with Gasteiger partial charge in [0.05, 0.1) is 30.6 Å². The van der Waals surface area contributed by atoms with Crippen LogP contribution in [0.25, 0.3) is 28.2 Å². The van der Waals surface area contributed by atoms with Gasteiger partial charge in [0.1, 0.15) is 6.33 Å². The van der Waals surface area contributed by atoms with Crippen molar-refractivity contribution in [2.75, 3.05) is 20.3 Å². The van der Waals surface area contributed by atoms with Gasteiger partial charge in [0.25, 0.3) is 0 Å². The molecule has 1 unspecified atom stereocenters. The predicted octanol–water partition coefficient (Wildman–Crippen LogP) is 4.61. The summed E-state index contributed by atoms with van der Waals surface area (Å²) in [5.74, 6) is 0.314. The van der Waals surface area contributed by atoms with E-state index in [1.807, 2.05) is 10.7 Å². The number of nitrogens with zero attached hydrogens (tertiary/aromatic N) is 5. The van der Waals surface area contributed by atoms with E-state index in [0.717, 1.165) is 46.9 Å². The molecule has 0 spiro atoms. The van der Waals surface area contributed by atoms with Crippen LogP contribution in [0, 0.1) is 6.92 Å².